The summed E-state index contributed by atoms with van der Waals surface area (Å²) in [6.45, 7) is 0. The number of azo groups is 1. The number of fused-ring (bicyclic) bond motifs is 1. The number of amides is 1. The van der Waals surface area contributed by atoms with Gasteiger partial charge in [0.15, 0.2) is 11.6 Å². The van der Waals surface area contributed by atoms with Crippen LogP contribution in [0.4, 0.5) is 17.2 Å². The number of anilines is 1. The lowest BCUT2D eigenvalue weighted by molar-refractivity contribution is 0.102. The molecular formula is C24H15N9O2. The van der Waals surface area contributed by atoms with Crippen molar-refractivity contribution in [3.05, 3.63) is 90.6 Å². The molecule has 35 heavy (non-hydrogen) atoms. The van der Waals surface area contributed by atoms with E-state index in [-0.39, 0.29) is 34.3 Å². The Labute approximate surface area is 198 Å². The maximum absolute atomic E-state index is 13.0. The SMILES string of the molecule is N#Cc1cnn(-c2ncccn2)c1N=Nc1c(O)c(C(=O)Nc2cccnc2)cc2ccccc12. The van der Waals surface area contributed by atoms with Crippen LogP contribution in [0.3, 0.4) is 0 Å². The summed E-state index contributed by atoms with van der Waals surface area (Å²) < 4.78 is 1.26. The molecule has 0 fully saturated rings. The molecule has 0 aliphatic carbocycles. The summed E-state index contributed by atoms with van der Waals surface area (Å²) >= 11 is 0. The minimum atomic E-state index is -0.543. The van der Waals surface area contributed by atoms with Gasteiger partial charge in [0, 0.05) is 24.0 Å². The molecule has 0 saturated heterocycles. The van der Waals surface area contributed by atoms with E-state index < -0.39 is 5.91 Å². The molecule has 1 amide bonds. The van der Waals surface area contributed by atoms with E-state index in [0.29, 0.717) is 16.5 Å². The molecule has 0 aliphatic rings. The monoisotopic (exact) mass is 461 g/mol. The van der Waals surface area contributed by atoms with Gasteiger partial charge in [0.25, 0.3) is 11.9 Å². The van der Waals surface area contributed by atoms with Gasteiger partial charge >= 0.3 is 0 Å². The third-order valence-corrected chi connectivity index (χ3v) is 5.01. The molecule has 5 aromatic rings. The second kappa shape index (κ2) is 9.16. The zero-order chi connectivity index (χ0) is 24.2. The molecule has 0 radical (unpaired) electrons. The number of pyridine rings is 1. The third-order valence-electron chi connectivity index (χ3n) is 5.01. The van der Waals surface area contributed by atoms with Crippen LogP contribution < -0.4 is 5.32 Å². The summed E-state index contributed by atoms with van der Waals surface area (Å²) in [6.07, 6.45) is 7.46. The van der Waals surface area contributed by atoms with Crippen molar-refractivity contribution in [1.29, 1.82) is 5.26 Å². The van der Waals surface area contributed by atoms with Gasteiger partial charge in [0.05, 0.1) is 23.6 Å². The quantitative estimate of drug-likeness (QED) is 0.366. The van der Waals surface area contributed by atoms with Gasteiger partial charge in [-0.15, -0.1) is 10.2 Å². The molecule has 11 heteroatoms. The Morgan fingerprint density at radius 1 is 1.03 bits per heavy atom. The Balaban J connectivity index is 1.61. The second-order valence-corrected chi connectivity index (χ2v) is 7.19. The molecule has 168 valence electrons. The van der Waals surface area contributed by atoms with E-state index >= 15 is 0 Å². The van der Waals surface area contributed by atoms with E-state index in [1.54, 1.807) is 54.7 Å². The number of rotatable bonds is 5. The van der Waals surface area contributed by atoms with Gasteiger partial charge in [-0.25, -0.2) is 9.97 Å². The Morgan fingerprint density at radius 3 is 2.63 bits per heavy atom. The largest absolute Gasteiger partial charge is 0.505 e. The van der Waals surface area contributed by atoms with Crippen LogP contribution in [0.15, 0.2) is 89.7 Å². The van der Waals surface area contributed by atoms with E-state index in [0.717, 1.165) is 0 Å². The normalized spacial score (nSPS) is 10.9. The van der Waals surface area contributed by atoms with Gasteiger partial charge < -0.3 is 10.4 Å². The number of benzene rings is 2. The molecule has 0 spiro atoms. The molecule has 0 atom stereocenters. The maximum Gasteiger partial charge on any atom is 0.259 e. The van der Waals surface area contributed by atoms with Crippen LogP contribution >= 0.6 is 0 Å². The van der Waals surface area contributed by atoms with Gasteiger partial charge in [0.2, 0.25) is 0 Å². The summed E-state index contributed by atoms with van der Waals surface area (Å²) in [5, 5.41) is 37.0. The molecule has 0 unspecified atom stereocenters. The van der Waals surface area contributed by atoms with Gasteiger partial charge in [-0.3, -0.25) is 9.78 Å². The molecule has 0 bridgehead atoms. The average molecular weight is 461 g/mol. The molecule has 3 heterocycles. The molecule has 0 saturated carbocycles. The number of nitrogens with zero attached hydrogens (tertiary/aromatic N) is 8. The van der Waals surface area contributed by atoms with Crippen molar-refractivity contribution < 1.29 is 9.90 Å². The Bertz CT molecular complexity index is 1610. The standard InChI is InChI=1S/C24H15N9O2/c25-12-16-13-29-33(24-27-9-4-10-28-24)22(16)32-31-20-18-7-2-1-5-15(18)11-19(21(20)34)23(35)30-17-6-3-8-26-14-17/h1-11,13-14,34H,(H,30,35). The number of hydrogen-bond donors (Lipinski definition) is 2. The van der Waals surface area contributed by atoms with Gasteiger partial charge in [0.1, 0.15) is 17.3 Å². The lowest BCUT2D eigenvalue weighted by Gasteiger charge is -2.11. The fraction of sp³-hybridized carbons (Fsp3) is 0. The minimum Gasteiger partial charge on any atom is -0.505 e. The fourth-order valence-electron chi connectivity index (χ4n) is 3.39. The lowest BCUT2D eigenvalue weighted by atomic mass is 10.0. The smallest absolute Gasteiger partial charge is 0.259 e. The number of nitrogens with one attached hydrogen (secondary N) is 1. The van der Waals surface area contributed by atoms with Crippen molar-refractivity contribution in [2.24, 2.45) is 10.2 Å². The number of aromatic hydroxyl groups is 1. The van der Waals surface area contributed by atoms with E-state index in [4.69, 9.17) is 0 Å². The molecule has 3 aromatic heterocycles. The highest BCUT2D eigenvalue weighted by Crippen LogP contribution is 2.40. The number of nitriles is 1. The van der Waals surface area contributed by atoms with Crippen molar-refractivity contribution in [2.45, 2.75) is 0 Å². The van der Waals surface area contributed by atoms with E-state index in [2.05, 4.69) is 35.6 Å². The number of phenols is 1. The van der Waals surface area contributed by atoms with E-state index in [1.807, 2.05) is 6.07 Å². The molecule has 0 aliphatic heterocycles. The highest BCUT2D eigenvalue weighted by atomic mass is 16.3. The number of hydrogen-bond acceptors (Lipinski definition) is 9. The third kappa shape index (κ3) is 4.14. The molecule has 5 rings (SSSR count). The molecule has 2 aromatic carbocycles. The zero-order valence-electron chi connectivity index (χ0n) is 17.9. The summed E-state index contributed by atoms with van der Waals surface area (Å²) in [4.78, 5) is 25.2. The molecule has 2 N–H and O–H groups in total. The summed E-state index contributed by atoms with van der Waals surface area (Å²) in [5.41, 5.74) is 0.668. The van der Waals surface area contributed by atoms with Crippen molar-refractivity contribution >= 4 is 33.9 Å². The van der Waals surface area contributed by atoms with E-state index in [9.17, 15) is 15.2 Å². The maximum atomic E-state index is 13.0. The zero-order valence-corrected chi connectivity index (χ0v) is 17.9. The van der Waals surface area contributed by atoms with Crippen molar-refractivity contribution in [3.8, 4) is 17.8 Å². The summed E-state index contributed by atoms with van der Waals surface area (Å²) in [5.74, 6) is -0.637. The fourth-order valence-corrected chi connectivity index (χ4v) is 3.39. The number of phenolic OH excluding ortho intramolecular Hbond substituents is 1. The van der Waals surface area contributed by atoms with Crippen LogP contribution in [0, 0.1) is 11.3 Å². The highest BCUT2D eigenvalue weighted by Gasteiger charge is 2.20. The number of carbonyl (C=O) groups is 1. The minimum absolute atomic E-state index is 0.00177. The second-order valence-electron chi connectivity index (χ2n) is 7.19. The number of aromatic nitrogens is 5. The molecular weight excluding hydrogens is 446 g/mol. The first-order chi connectivity index (χ1) is 17.2. The predicted molar refractivity (Wildman–Crippen MR) is 126 cm³/mol. The number of carbonyl (C=O) groups excluding carboxylic acids is 1. The first-order valence-corrected chi connectivity index (χ1v) is 10.3. The van der Waals surface area contributed by atoms with Gasteiger partial charge in [-0.2, -0.15) is 15.0 Å². The summed E-state index contributed by atoms with van der Waals surface area (Å²) in [7, 11) is 0. The van der Waals surface area contributed by atoms with Gasteiger partial charge in [-0.05, 0) is 29.7 Å². The summed E-state index contributed by atoms with van der Waals surface area (Å²) in [6, 6.07) is 15.7. The predicted octanol–water partition coefficient (Wildman–Crippen LogP) is 4.46. The first kappa shape index (κ1) is 21.4. The molecule has 11 nitrogen and oxygen atoms in total. The first-order valence-electron chi connectivity index (χ1n) is 10.3. The highest BCUT2D eigenvalue weighted by molar-refractivity contribution is 6.11. The van der Waals surface area contributed by atoms with Crippen LogP contribution in [0.5, 0.6) is 5.75 Å². The Hall–Kier alpha value is -5.50. The Kier molecular flexibility index (Phi) is 5.59. The van der Waals surface area contributed by atoms with Crippen LogP contribution in [0.1, 0.15) is 15.9 Å². The van der Waals surface area contributed by atoms with Crippen LogP contribution in [-0.4, -0.2) is 35.7 Å². The van der Waals surface area contributed by atoms with Crippen molar-refractivity contribution in [1.82, 2.24) is 24.7 Å². The van der Waals surface area contributed by atoms with Crippen molar-refractivity contribution in [2.75, 3.05) is 5.32 Å². The van der Waals surface area contributed by atoms with Crippen LogP contribution in [0.25, 0.3) is 16.7 Å². The van der Waals surface area contributed by atoms with Crippen molar-refractivity contribution in [3.63, 3.8) is 0 Å². The van der Waals surface area contributed by atoms with Gasteiger partial charge in [-0.1, -0.05) is 24.3 Å². The van der Waals surface area contributed by atoms with Crippen LogP contribution in [0.2, 0.25) is 0 Å². The Morgan fingerprint density at radius 2 is 1.86 bits per heavy atom. The van der Waals surface area contributed by atoms with E-state index in [1.165, 1.54) is 29.5 Å². The van der Waals surface area contributed by atoms with Crippen LogP contribution in [-0.2, 0) is 0 Å². The topological polar surface area (TPSA) is 154 Å². The average Bonchev–Trinajstić information content (AvgIpc) is 3.32. The lowest BCUT2D eigenvalue weighted by Crippen LogP contribution is -2.12.